The van der Waals surface area contributed by atoms with E-state index in [1.165, 1.54) is 5.56 Å². The Morgan fingerprint density at radius 1 is 1.58 bits per heavy atom. The van der Waals surface area contributed by atoms with Gasteiger partial charge in [0.25, 0.3) is 0 Å². The number of pyridine rings is 1. The molecule has 2 nitrogen and oxygen atoms in total. The number of nitrogens with zero attached hydrogens (tertiary/aromatic N) is 1. The van der Waals surface area contributed by atoms with Crippen LogP contribution >= 0.6 is 0 Å². The van der Waals surface area contributed by atoms with Crippen molar-refractivity contribution >= 4 is 0 Å². The first-order valence-electron chi connectivity index (χ1n) is 4.27. The molecule has 0 amide bonds. The molecule has 0 saturated heterocycles. The van der Waals surface area contributed by atoms with Crippen molar-refractivity contribution < 1.29 is 5.11 Å². The molecule has 1 aromatic heterocycles. The van der Waals surface area contributed by atoms with Gasteiger partial charge in [0, 0.05) is 24.4 Å². The smallest absolute Gasteiger partial charge is 0.0437 e. The summed E-state index contributed by atoms with van der Waals surface area (Å²) in [6.45, 7) is 4.37. The van der Waals surface area contributed by atoms with Crippen LogP contribution in [0.4, 0.5) is 0 Å². The van der Waals surface area contributed by atoms with E-state index in [0.717, 1.165) is 12.1 Å². The lowest BCUT2D eigenvalue weighted by Gasteiger charge is -2.08. The minimum atomic E-state index is 0.233. The monoisotopic (exact) mass is 165 g/mol. The zero-order valence-electron chi connectivity index (χ0n) is 7.62. The zero-order chi connectivity index (χ0) is 8.97. The second-order valence-electron chi connectivity index (χ2n) is 3.17. The number of hydrogen-bond donors (Lipinski definition) is 1. The molecule has 0 unspecified atom stereocenters. The Morgan fingerprint density at radius 3 is 2.92 bits per heavy atom. The number of hydrogen-bond acceptors (Lipinski definition) is 2. The molecule has 0 spiro atoms. The van der Waals surface area contributed by atoms with Crippen LogP contribution in [0.5, 0.6) is 0 Å². The van der Waals surface area contributed by atoms with Crippen molar-refractivity contribution in [2.45, 2.75) is 26.2 Å². The van der Waals surface area contributed by atoms with Gasteiger partial charge in [0.15, 0.2) is 0 Å². The molecule has 0 aliphatic carbocycles. The van der Waals surface area contributed by atoms with E-state index < -0.39 is 0 Å². The lowest BCUT2D eigenvalue weighted by molar-refractivity contribution is 0.278. The molecular weight excluding hydrogens is 150 g/mol. The van der Waals surface area contributed by atoms with Gasteiger partial charge in [-0.3, -0.25) is 4.98 Å². The number of rotatable bonds is 3. The molecule has 66 valence electrons. The number of aryl methyl sites for hydroxylation is 1. The van der Waals surface area contributed by atoms with Gasteiger partial charge in [-0.2, -0.15) is 0 Å². The molecule has 0 aromatic carbocycles. The third-order valence-corrected chi connectivity index (χ3v) is 2.00. The molecule has 1 heterocycles. The van der Waals surface area contributed by atoms with Gasteiger partial charge >= 0.3 is 0 Å². The molecule has 1 aromatic rings. The summed E-state index contributed by atoms with van der Waals surface area (Å²) >= 11 is 0. The van der Waals surface area contributed by atoms with Gasteiger partial charge in [0.2, 0.25) is 0 Å². The molecule has 0 aliphatic heterocycles. The van der Waals surface area contributed by atoms with Crippen molar-refractivity contribution in [2.75, 3.05) is 6.61 Å². The van der Waals surface area contributed by atoms with Gasteiger partial charge in [0.05, 0.1) is 0 Å². The van der Waals surface area contributed by atoms with E-state index in [2.05, 4.69) is 24.9 Å². The maximum atomic E-state index is 8.74. The molecule has 1 N–H and O–H groups in total. The van der Waals surface area contributed by atoms with E-state index in [4.69, 9.17) is 5.11 Å². The van der Waals surface area contributed by atoms with Crippen LogP contribution < -0.4 is 0 Å². The summed E-state index contributed by atoms with van der Waals surface area (Å²) in [5.74, 6) is 0.356. The van der Waals surface area contributed by atoms with Gasteiger partial charge in [-0.1, -0.05) is 6.92 Å². The fourth-order valence-corrected chi connectivity index (χ4v) is 1.17. The van der Waals surface area contributed by atoms with E-state index in [1.54, 1.807) is 0 Å². The molecule has 12 heavy (non-hydrogen) atoms. The first kappa shape index (κ1) is 9.20. The minimum absolute atomic E-state index is 0.233. The highest BCUT2D eigenvalue weighted by Gasteiger charge is 2.05. The predicted molar refractivity (Wildman–Crippen MR) is 49.1 cm³/mol. The standard InChI is InChI=1S/C10H15NO/c1-8-3-5-11-10(7-8)9(2)4-6-12/h3,5,7,9,12H,4,6H2,1-2H3/t9-/m0/s1. The van der Waals surface area contributed by atoms with Crippen LogP contribution in [-0.2, 0) is 0 Å². The fraction of sp³-hybridized carbons (Fsp3) is 0.500. The fourth-order valence-electron chi connectivity index (χ4n) is 1.17. The van der Waals surface area contributed by atoms with Crippen molar-refractivity contribution in [2.24, 2.45) is 0 Å². The van der Waals surface area contributed by atoms with Crippen LogP contribution in [0.25, 0.3) is 0 Å². The third kappa shape index (κ3) is 2.31. The molecular formula is C10H15NO. The Morgan fingerprint density at radius 2 is 2.33 bits per heavy atom. The van der Waals surface area contributed by atoms with Gasteiger partial charge in [0.1, 0.15) is 0 Å². The average Bonchev–Trinajstić information content (AvgIpc) is 2.05. The van der Waals surface area contributed by atoms with Crippen LogP contribution in [0.15, 0.2) is 18.3 Å². The van der Waals surface area contributed by atoms with Gasteiger partial charge in [-0.15, -0.1) is 0 Å². The first-order valence-corrected chi connectivity index (χ1v) is 4.27. The summed E-state index contributed by atoms with van der Waals surface area (Å²) in [4.78, 5) is 4.25. The first-order chi connectivity index (χ1) is 5.74. The van der Waals surface area contributed by atoms with Crippen molar-refractivity contribution in [3.8, 4) is 0 Å². The highest BCUT2D eigenvalue weighted by molar-refractivity contribution is 5.16. The summed E-state index contributed by atoms with van der Waals surface area (Å²) in [6, 6.07) is 4.05. The van der Waals surface area contributed by atoms with E-state index in [9.17, 15) is 0 Å². The quantitative estimate of drug-likeness (QED) is 0.741. The SMILES string of the molecule is Cc1ccnc([C@@H](C)CCO)c1. The molecule has 1 rings (SSSR count). The molecule has 1 atom stereocenters. The second-order valence-corrected chi connectivity index (χ2v) is 3.17. The highest BCUT2D eigenvalue weighted by atomic mass is 16.3. The van der Waals surface area contributed by atoms with E-state index in [0.29, 0.717) is 5.92 Å². The molecule has 0 bridgehead atoms. The number of aromatic nitrogens is 1. The molecule has 0 radical (unpaired) electrons. The second kappa shape index (κ2) is 4.21. The Bertz CT molecular complexity index is 247. The van der Waals surface area contributed by atoms with Crippen LogP contribution in [0.3, 0.4) is 0 Å². The normalized spacial score (nSPS) is 12.9. The minimum Gasteiger partial charge on any atom is -0.396 e. The lowest BCUT2D eigenvalue weighted by atomic mass is 10.0. The third-order valence-electron chi connectivity index (χ3n) is 2.00. The maximum absolute atomic E-state index is 8.74. The van der Waals surface area contributed by atoms with Crippen molar-refractivity contribution in [3.63, 3.8) is 0 Å². The number of aliphatic hydroxyl groups excluding tert-OH is 1. The Balaban J connectivity index is 2.73. The van der Waals surface area contributed by atoms with Crippen molar-refractivity contribution in [1.82, 2.24) is 4.98 Å². The van der Waals surface area contributed by atoms with Crippen molar-refractivity contribution in [3.05, 3.63) is 29.6 Å². The van der Waals surface area contributed by atoms with Gasteiger partial charge in [-0.25, -0.2) is 0 Å². The van der Waals surface area contributed by atoms with Gasteiger partial charge in [-0.05, 0) is 31.0 Å². The van der Waals surface area contributed by atoms with Crippen LogP contribution in [-0.4, -0.2) is 16.7 Å². The lowest BCUT2D eigenvalue weighted by Crippen LogP contribution is -1.99. The molecule has 2 heteroatoms. The average molecular weight is 165 g/mol. The molecule has 0 saturated carbocycles. The van der Waals surface area contributed by atoms with E-state index >= 15 is 0 Å². The van der Waals surface area contributed by atoms with Crippen LogP contribution in [0.1, 0.15) is 30.5 Å². The Labute approximate surface area is 73.3 Å². The zero-order valence-corrected chi connectivity index (χ0v) is 7.62. The summed E-state index contributed by atoms with van der Waals surface area (Å²) in [5, 5.41) is 8.74. The Kier molecular flexibility index (Phi) is 3.23. The van der Waals surface area contributed by atoms with Crippen molar-refractivity contribution in [1.29, 1.82) is 0 Å². The summed E-state index contributed by atoms with van der Waals surface area (Å²) in [6.07, 6.45) is 2.61. The van der Waals surface area contributed by atoms with E-state index in [1.807, 2.05) is 12.3 Å². The summed E-state index contributed by atoms with van der Waals surface area (Å²) in [5.41, 5.74) is 2.30. The summed E-state index contributed by atoms with van der Waals surface area (Å²) in [7, 11) is 0. The summed E-state index contributed by atoms with van der Waals surface area (Å²) < 4.78 is 0. The van der Waals surface area contributed by atoms with Crippen LogP contribution in [0, 0.1) is 6.92 Å². The number of aliphatic hydroxyl groups is 1. The predicted octanol–water partition coefficient (Wildman–Crippen LogP) is 1.88. The topological polar surface area (TPSA) is 33.1 Å². The van der Waals surface area contributed by atoms with Gasteiger partial charge < -0.3 is 5.11 Å². The molecule has 0 aliphatic rings. The van der Waals surface area contributed by atoms with Crippen LogP contribution in [0.2, 0.25) is 0 Å². The Hall–Kier alpha value is -0.890. The molecule has 0 fully saturated rings. The van der Waals surface area contributed by atoms with E-state index in [-0.39, 0.29) is 6.61 Å². The highest BCUT2D eigenvalue weighted by Crippen LogP contribution is 2.16. The maximum Gasteiger partial charge on any atom is 0.0437 e. The largest absolute Gasteiger partial charge is 0.396 e.